The van der Waals surface area contributed by atoms with Gasteiger partial charge in [-0.15, -0.1) is 0 Å². The highest BCUT2D eigenvalue weighted by Gasteiger charge is 2.38. The number of aliphatic hydroxyl groups is 1. The lowest BCUT2D eigenvalue weighted by Gasteiger charge is -2.19. The summed E-state index contributed by atoms with van der Waals surface area (Å²) in [7, 11) is -1.87. The fourth-order valence-electron chi connectivity index (χ4n) is 1.97. The Morgan fingerprint density at radius 1 is 1.56 bits per heavy atom. The average Bonchev–Trinajstić information content (AvgIpc) is 2.70. The predicted octanol–water partition coefficient (Wildman–Crippen LogP) is 0.269. The molecule has 1 aromatic heterocycles. The molecule has 1 saturated heterocycles. The molecule has 2 heterocycles. The molecule has 0 aromatic carbocycles. The zero-order chi connectivity index (χ0) is 13.4. The van der Waals surface area contributed by atoms with Gasteiger partial charge in [0.2, 0.25) is 10.0 Å². The van der Waals surface area contributed by atoms with Crippen molar-refractivity contribution in [1.29, 1.82) is 0 Å². The smallest absolute Gasteiger partial charge is 0.243 e. The van der Waals surface area contributed by atoms with Gasteiger partial charge >= 0.3 is 0 Å². The summed E-state index contributed by atoms with van der Waals surface area (Å²) in [4.78, 5) is 4.18. The highest BCUT2D eigenvalue weighted by molar-refractivity contribution is 7.89. The van der Waals surface area contributed by atoms with Crippen LogP contribution in [0.2, 0.25) is 0 Å². The Kier molecular flexibility index (Phi) is 3.31. The zero-order valence-electron chi connectivity index (χ0n) is 10.4. The number of sulfonamides is 1. The number of anilines is 1. The van der Waals surface area contributed by atoms with Gasteiger partial charge in [0.05, 0.1) is 10.5 Å². The van der Waals surface area contributed by atoms with Crippen LogP contribution in [0.1, 0.15) is 13.3 Å². The summed E-state index contributed by atoms with van der Waals surface area (Å²) in [6, 6.07) is 2.95. The quantitative estimate of drug-likeness (QED) is 0.824. The van der Waals surface area contributed by atoms with Crippen LogP contribution in [0, 0.1) is 0 Å². The molecule has 0 amide bonds. The van der Waals surface area contributed by atoms with Crippen molar-refractivity contribution in [2.24, 2.45) is 0 Å². The lowest BCUT2D eigenvalue weighted by molar-refractivity contribution is 0.0762. The van der Waals surface area contributed by atoms with Crippen LogP contribution >= 0.6 is 0 Å². The number of aromatic nitrogens is 1. The Bertz CT molecular complexity index is 542. The average molecular weight is 271 g/mol. The molecule has 2 N–H and O–H groups in total. The van der Waals surface area contributed by atoms with Crippen molar-refractivity contribution < 1.29 is 13.5 Å². The summed E-state index contributed by atoms with van der Waals surface area (Å²) >= 11 is 0. The minimum Gasteiger partial charge on any atom is -0.389 e. The van der Waals surface area contributed by atoms with Crippen LogP contribution in [0.3, 0.4) is 0 Å². The first-order valence-electron chi connectivity index (χ1n) is 5.71. The first kappa shape index (κ1) is 13.3. The number of nitrogens with one attached hydrogen (secondary N) is 1. The van der Waals surface area contributed by atoms with Gasteiger partial charge in [-0.2, -0.15) is 4.31 Å². The molecule has 7 heteroatoms. The lowest BCUT2D eigenvalue weighted by atomic mass is 10.1. The number of β-amino-alcohol motifs (C(OH)–C–C–N with tert-alkyl or cyclic N) is 1. The van der Waals surface area contributed by atoms with Crippen molar-refractivity contribution in [3.63, 3.8) is 0 Å². The molecule has 100 valence electrons. The van der Waals surface area contributed by atoms with E-state index in [9.17, 15) is 13.5 Å². The van der Waals surface area contributed by atoms with Gasteiger partial charge in [0, 0.05) is 32.4 Å². The SMILES string of the molecule is CNc1cc(S(=O)(=O)N2CCC(C)(O)C2)ccn1. The van der Waals surface area contributed by atoms with E-state index in [-0.39, 0.29) is 11.4 Å². The first-order chi connectivity index (χ1) is 8.35. The van der Waals surface area contributed by atoms with Crippen LogP contribution in [-0.4, -0.2) is 48.6 Å². The van der Waals surface area contributed by atoms with Crippen molar-refractivity contribution in [2.45, 2.75) is 23.8 Å². The fraction of sp³-hybridized carbons (Fsp3) is 0.545. The van der Waals surface area contributed by atoms with Crippen molar-refractivity contribution in [1.82, 2.24) is 9.29 Å². The number of nitrogens with zero attached hydrogens (tertiary/aromatic N) is 2. The van der Waals surface area contributed by atoms with E-state index in [1.54, 1.807) is 14.0 Å². The standard InChI is InChI=1S/C11H17N3O3S/c1-11(15)4-6-14(8-11)18(16,17)9-3-5-13-10(7-9)12-2/h3,5,7,15H,4,6,8H2,1-2H3,(H,12,13). The van der Waals surface area contributed by atoms with Gasteiger partial charge in [-0.3, -0.25) is 0 Å². The van der Waals surface area contributed by atoms with E-state index in [0.717, 1.165) is 0 Å². The second-order valence-corrected chi connectivity index (χ2v) is 6.65. The number of hydrogen-bond acceptors (Lipinski definition) is 5. The molecule has 1 fully saturated rings. The van der Waals surface area contributed by atoms with Crippen LogP contribution in [0.15, 0.2) is 23.2 Å². The maximum atomic E-state index is 12.3. The lowest BCUT2D eigenvalue weighted by Crippen LogP contribution is -2.33. The maximum Gasteiger partial charge on any atom is 0.243 e. The minimum atomic E-state index is -3.55. The Morgan fingerprint density at radius 2 is 2.28 bits per heavy atom. The van der Waals surface area contributed by atoms with E-state index in [1.165, 1.54) is 22.6 Å². The Hall–Kier alpha value is -1.18. The Morgan fingerprint density at radius 3 is 2.83 bits per heavy atom. The molecule has 1 unspecified atom stereocenters. The highest BCUT2D eigenvalue weighted by Crippen LogP contribution is 2.27. The zero-order valence-corrected chi connectivity index (χ0v) is 11.2. The molecule has 1 atom stereocenters. The van der Waals surface area contributed by atoms with Crippen LogP contribution in [0.25, 0.3) is 0 Å². The third-order valence-electron chi connectivity index (χ3n) is 3.04. The topological polar surface area (TPSA) is 82.5 Å². The van der Waals surface area contributed by atoms with E-state index in [2.05, 4.69) is 10.3 Å². The third kappa shape index (κ3) is 2.47. The molecule has 6 nitrogen and oxygen atoms in total. The van der Waals surface area contributed by atoms with Gasteiger partial charge in [-0.05, 0) is 19.4 Å². The molecule has 0 aliphatic carbocycles. The fourth-order valence-corrected chi connectivity index (χ4v) is 3.54. The summed E-state index contributed by atoms with van der Waals surface area (Å²) < 4.78 is 26.0. The number of hydrogen-bond donors (Lipinski definition) is 2. The highest BCUT2D eigenvalue weighted by atomic mass is 32.2. The van der Waals surface area contributed by atoms with Gasteiger partial charge in [0.25, 0.3) is 0 Å². The van der Waals surface area contributed by atoms with E-state index in [4.69, 9.17) is 0 Å². The van der Waals surface area contributed by atoms with Gasteiger partial charge in [0.15, 0.2) is 0 Å². The Balaban J connectivity index is 2.31. The summed E-state index contributed by atoms with van der Waals surface area (Å²) in [5.74, 6) is 0.502. The Labute approximate surface area is 107 Å². The molecule has 0 radical (unpaired) electrons. The van der Waals surface area contributed by atoms with Gasteiger partial charge in [-0.1, -0.05) is 0 Å². The van der Waals surface area contributed by atoms with E-state index in [1.807, 2.05) is 0 Å². The van der Waals surface area contributed by atoms with Crippen molar-refractivity contribution in [3.8, 4) is 0 Å². The monoisotopic (exact) mass is 271 g/mol. The molecule has 1 aromatic rings. The van der Waals surface area contributed by atoms with Gasteiger partial charge in [0.1, 0.15) is 5.82 Å². The molecule has 18 heavy (non-hydrogen) atoms. The largest absolute Gasteiger partial charge is 0.389 e. The van der Waals surface area contributed by atoms with Crippen molar-refractivity contribution >= 4 is 15.8 Å². The summed E-state index contributed by atoms with van der Waals surface area (Å²) in [6.07, 6.45) is 1.91. The van der Waals surface area contributed by atoms with Crippen molar-refractivity contribution in [3.05, 3.63) is 18.3 Å². The predicted molar refractivity (Wildman–Crippen MR) is 67.8 cm³/mol. The van der Waals surface area contributed by atoms with Gasteiger partial charge < -0.3 is 10.4 Å². The summed E-state index contributed by atoms with van der Waals surface area (Å²) in [5.41, 5.74) is -0.939. The molecular weight excluding hydrogens is 254 g/mol. The second-order valence-electron chi connectivity index (χ2n) is 4.71. The van der Waals surface area contributed by atoms with E-state index >= 15 is 0 Å². The second kappa shape index (κ2) is 4.49. The normalized spacial score (nSPS) is 25.3. The molecule has 0 spiro atoms. The third-order valence-corrected chi connectivity index (χ3v) is 4.88. The summed E-state index contributed by atoms with van der Waals surface area (Å²) in [5, 5.41) is 12.6. The van der Waals surface area contributed by atoms with Gasteiger partial charge in [-0.25, -0.2) is 13.4 Å². The van der Waals surface area contributed by atoms with Crippen LogP contribution < -0.4 is 5.32 Å². The van der Waals surface area contributed by atoms with Crippen molar-refractivity contribution in [2.75, 3.05) is 25.5 Å². The number of rotatable bonds is 3. The summed E-state index contributed by atoms with van der Waals surface area (Å²) in [6.45, 7) is 2.12. The molecule has 2 rings (SSSR count). The van der Waals surface area contributed by atoms with Crippen LogP contribution in [0.4, 0.5) is 5.82 Å². The number of pyridine rings is 1. The van der Waals surface area contributed by atoms with E-state index in [0.29, 0.717) is 18.8 Å². The molecule has 1 aliphatic heterocycles. The molecule has 0 saturated carbocycles. The molecule has 1 aliphatic rings. The molecular formula is C11H17N3O3S. The van der Waals surface area contributed by atoms with E-state index < -0.39 is 15.6 Å². The molecule has 0 bridgehead atoms. The van der Waals surface area contributed by atoms with Crippen LogP contribution in [0.5, 0.6) is 0 Å². The first-order valence-corrected chi connectivity index (χ1v) is 7.15. The minimum absolute atomic E-state index is 0.131. The maximum absolute atomic E-state index is 12.3. The van der Waals surface area contributed by atoms with Crippen LogP contribution in [-0.2, 0) is 10.0 Å².